The second kappa shape index (κ2) is 13.4. The van der Waals surface area contributed by atoms with Crippen molar-refractivity contribution < 1.29 is 23.1 Å². The number of methoxy groups -OCH3 is 1. The van der Waals surface area contributed by atoms with Gasteiger partial charge in [0.15, 0.2) is 16.7 Å². The summed E-state index contributed by atoms with van der Waals surface area (Å²) in [4.78, 5) is 26.4. The zero-order valence-corrected chi connectivity index (χ0v) is 26.3. The molecule has 3 aromatic carbocycles. The van der Waals surface area contributed by atoms with Crippen molar-refractivity contribution >= 4 is 29.3 Å². The normalized spacial score (nSPS) is 14.3. The molecule has 2 aromatic heterocycles. The molecule has 0 bridgehead atoms. The van der Waals surface area contributed by atoms with Crippen LogP contribution in [0.25, 0.3) is 5.69 Å². The average Bonchev–Trinajstić information content (AvgIpc) is 3.85. The summed E-state index contributed by atoms with van der Waals surface area (Å²) in [5, 5.41) is 18.3. The molecule has 0 fully saturated rings. The maximum atomic E-state index is 13.8. The van der Waals surface area contributed by atoms with E-state index in [0.717, 1.165) is 39.4 Å². The summed E-state index contributed by atoms with van der Waals surface area (Å²) >= 11 is 1.23. The zero-order valence-electron chi connectivity index (χ0n) is 25.4. The molecule has 2 amide bonds. The summed E-state index contributed by atoms with van der Waals surface area (Å²) in [6, 6.07) is 22.5. The Morgan fingerprint density at radius 1 is 1.04 bits per heavy atom. The van der Waals surface area contributed by atoms with Gasteiger partial charge in [-0.2, -0.15) is 5.10 Å². The fourth-order valence-electron chi connectivity index (χ4n) is 5.20. The standard InChI is InChI=1S/C34H31FN6O4S/c1-21-6-7-22(2)28(17-21)40-31(19-36-33(43)30-5-4-16-45-30)37-38-34(40)46-20-32(42)41-29(24-8-12-25(35)13-9-24)18-27(39-41)23-10-14-26(44-3)15-11-23/h4-17,29H,18-20H2,1-3H3,(H,36,43)/t29-/m0/s1. The van der Waals surface area contributed by atoms with E-state index in [1.807, 2.05) is 60.9 Å². The van der Waals surface area contributed by atoms with Gasteiger partial charge in [-0.15, -0.1) is 10.2 Å². The molecule has 12 heteroatoms. The minimum atomic E-state index is -0.407. The highest BCUT2D eigenvalue weighted by atomic mass is 32.2. The van der Waals surface area contributed by atoms with Crippen molar-refractivity contribution in [3.05, 3.63) is 125 Å². The van der Waals surface area contributed by atoms with Crippen molar-refractivity contribution in [2.24, 2.45) is 5.10 Å². The third-order valence-corrected chi connectivity index (χ3v) is 8.54. The van der Waals surface area contributed by atoms with Crippen LogP contribution in [0.5, 0.6) is 5.75 Å². The largest absolute Gasteiger partial charge is 0.497 e. The second-order valence-corrected chi connectivity index (χ2v) is 11.7. The lowest BCUT2D eigenvalue weighted by molar-refractivity contribution is -0.130. The van der Waals surface area contributed by atoms with Crippen molar-refractivity contribution in [1.82, 2.24) is 25.1 Å². The Bertz CT molecular complexity index is 1890. The summed E-state index contributed by atoms with van der Waals surface area (Å²) in [6.07, 6.45) is 1.90. The maximum absolute atomic E-state index is 13.8. The van der Waals surface area contributed by atoms with Crippen LogP contribution in [0.15, 0.2) is 99.8 Å². The molecule has 0 radical (unpaired) electrons. The van der Waals surface area contributed by atoms with Crippen LogP contribution in [0.3, 0.4) is 0 Å². The summed E-state index contributed by atoms with van der Waals surface area (Å²) < 4.78 is 26.1. The van der Waals surface area contributed by atoms with E-state index in [1.165, 1.54) is 35.2 Å². The number of carbonyl (C=O) groups excluding carboxylic acids is 2. The van der Waals surface area contributed by atoms with Crippen molar-refractivity contribution in [2.75, 3.05) is 12.9 Å². The first-order valence-electron chi connectivity index (χ1n) is 14.6. The van der Waals surface area contributed by atoms with Gasteiger partial charge >= 0.3 is 0 Å². The molecule has 10 nitrogen and oxygen atoms in total. The van der Waals surface area contributed by atoms with Crippen LogP contribution in [0.4, 0.5) is 4.39 Å². The fraction of sp³-hybridized carbons (Fsp3) is 0.206. The molecule has 234 valence electrons. The Morgan fingerprint density at radius 2 is 1.83 bits per heavy atom. The van der Waals surface area contributed by atoms with E-state index in [2.05, 4.69) is 15.5 Å². The number of carbonyl (C=O) groups is 2. The number of halogens is 1. The van der Waals surface area contributed by atoms with E-state index in [-0.39, 0.29) is 35.7 Å². The molecular weight excluding hydrogens is 607 g/mol. The number of aryl methyl sites for hydroxylation is 2. The second-order valence-electron chi connectivity index (χ2n) is 10.8. The number of hydrogen-bond donors (Lipinski definition) is 1. The SMILES string of the molecule is COc1ccc(C2=NN(C(=O)CSc3nnc(CNC(=O)c4ccco4)n3-c3cc(C)ccc3C)[C@H](c3ccc(F)cc3)C2)cc1. The molecule has 0 saturated heterocycles. The van der Waals surface area contributed by atoms with Crippen molar-refractivity contribution in [3.63, 3.8) is 0 Å². The van der Waals surface area contributed by atoms with Gasteiger partial charge in [0.1, 0.15) is 11.6 Å². The Labute approximate surface area is 269 Å². The average molecular weight is 639 g/mol. The summed E-state index contributed by atoms with van der Waals surface area (Å²) in [6.45, 7) is 4.05. The van der Waals surface area contributed by atoms with E-state index in [4.69, 9.17) is 14.3 Å². The van der Waals surface area contributed by atoms with Gasteiger partial charge in [0.2, 0.25) is 0 Å². The zero-order chi connectivity index (χ0) is 32.2. The van der Waals surface area contributed by atoms with Crippen molar-refractivity contribution in [3.8, 4) is 11.4 Å². The minimum Gasteiger partial charge on any atom is -0.497 e. The molecule has 46 heavy (non-hydrogen) atoms. The molecule has 1 atom stereocenters. The highest BCUT2D eigenvalue weighted by molar-refractivity contribution is 7.99. The van der Waals surface area contributed by atoms with Gasteiger partial charge in [0.25, 0.3) is 11.8 Å². The number of aromatic nitrogens is 3. The van der Waals surface area contributed by atoms with Crippen molar-refractivity contribution in [1.29, 1.82) is 0 Å². The number of nitrogens with one attached hydrogen (secondary N) is 1. The number of amides is 2. The lowest BCUT2D eigenvalue weighted by Crippen LogP contribution is -2.28. The topological polar surface area (TPSA) is 115 Å². The van der Waals surface area contributed by atoms with Crippen LogP contribution in [-0.2, 0) is 11.3 Å². The molecule has 5 aromatic rings. The summed E-state index contributed by atoms with van der Waals surface area (Å²) in [5.41, 5.74) is 5.23. The first-order valence-corrected chi connectivity index (χ1v) is 15.5. The predicted molar refractivity (Wildman–Crippen MR) is 172 cm³/mol. The predicted octanol–water partition coefficient (Wildman–Crippen LogP) is 6.02. The number of hydrogen-bond acceptors (Lipinski definition) is 8. The number of rotatable bonds is 10. The van der Waals surface area contributed by atoms with Gasteiger partial charge in [0.05, 0.1) is 43.1 Å². The maximum Gasteiger partial charge on any atom is 0.287 e. The lowest BCUT2D eigenvalue weighted by atomic mass is 9.98. The lowest BCUT2D eigenvalue weighted by Gasteiger charge is -2.22. The summed E-state index contributed by atoms with van der Waals surface area (Å²) in [5.74, 6) is 0.437. The highest BCUT2D eigenvalue weighted by Crippen LogP contribution is 2.34. The number of thioether (sulfide) groups is 1. The Hall–Kier alpha value is -5.23. The number of nitrogens with zero attached hydrogens (tertiary/aromatic N) is 5. The summed E-state index contributed by atoms with van der Waals surface area (Å²) in [7, 11) is 1.60. The first kappa shape index (κ1) is 30.8. The van der Waals surface area contributed by atoms with E-state index in [9.17, 15) is 14.0 Å². The number of furan rings is 1. The van der Waals surface area contributed by atoms with Crippen LogP contribution in [0, 0.1) is 19.7 Å². The highest BCUT2D eigenvalue weighted by Gasteiger charge is 2.33. The van der Waals surface area contributed by atoms with Gasteiger partial charge < -0.3 is 14.5 Å². The van der Waals surface area contributed by atoms with E-state index < -0.39 is 6.04 Å². The number of ether oxygens (including phenoxy) is 1. The van der Waals surface area contributed by atoms with E-state index in [0.29, 0.717) is 17.4 Å². The van der Waals surface area contributed by atoms with Crippen LogP contribution >= 0.6 is 11.8 Å². The van der Waals surface area contributed by atoms with Gasteiger partial charge in [0, 0.05) is 6.42 Å². The van der Waals surface area contributed by atoms with Crippen LogP contribution in [-0.4, -0.2) is 50.2 Å². The van der Waals surface area contributed by atoms with Crippen LogP contribution < -0.4 is 10.1 Å². The van der Waals surface area contributed by atoms with Crippen LogP contribution in [0.1, 0.15) is 51.1 Å². The van der Waals surface area contributed by atoms with Gasteiger partial charge in [-0.25, -0.2) is 9.40 Å². The molecule has 0 saturated carbocycles. The Kier molecular flexibility index (Phi) is 8.97. The van der Waals surface area contributed by atoms with Crippen LogP contribution in [0.2, 0.25) is 0 Å². The molecule has 1 aliphatic rings. The van der Waals surface area contributed by atoms with Gasteiger partial charge in [-0.05, 0) is 90.7 Å². The quantitative estimate of drug-likeness (QED) is 0.186. The third kappa shape index (κ3) is 6.57. The molecule has 3 heterocycles. The monoisotopic (exact) mass is 638 g/mol. The fourth-order valence-corrected chi connectivity index (χ4v) is 6.02. The van der Waals surface area contributed by atoms with Gasteiger partial charge in [-0.3, -0.25) is 14.2 Å². The molecular formula is C34H31FN6O4S. The Morgan fingerprint density at radius 3 is 2.54 bits per heavy atom. The first-order chi connectivity index (χ1) is 22.3. The third-order valence-electron chi connectivity index (χ3n) is 7.63. The molecule has 1 N–H and O–H groups in total. The van der Waals surface area contributed by atoms with E-state index >= 15 is 0 Å². The molecule has 0 unspecified atom stereocenters. The Balaban J connectivity index is 1.27. The number of hydrazone groups is 1. The minimum absolute atomic E-state index is 0.0127. The molecule has 0 spiro atoms. The molecule has 0 aliphatic carbocycles. The molecule has 6 rings (SSSR count). The number of benzene rings is 3. The van der Waals surface area contributed by atoms with Crippen molar-refractivity contribution in [2.45, 2.75) is 38.0 Å². The van der Waals surface area contributed by atoms with Gasteiger partial charge in [-0.1, -0.05) is 36.0 Å². The smallest absolute Gasteiger partial charge is 0.287 e. The molecule has 1 aliphatic heterocycles. The van der Waals surface area contributed by atoms with E-state index in [1.54, 1.807) is 31.4 Å².